The maximum absolute atomic E-state index is 5.62. The molecule has 0 atom stereocenters. The lowest BCUT2D eigenvalue weighted by Gasteiger charge is -2.12. The van der Waals surface area contributed by atoms with Crippen LogP contribution in [-0.2, 0) is 19.4 Å². The largest absolute Gasteiger partial charge is 0.374 e. The Morgan fingerprint density at radius 3 is 2.42 bits per heavy atom. The van der Waals surface area contributed by atoms with E-state index in [1.54, 1.807) is 0 Å². The molecule has 0 bridgehead atoms. The third-order valence-electron chi connectivity index (χ3n) is 3.94. The molecule has 0 unspecified atom stereocenters. The van der Waals surface area contributed by atoms with Crippen LogP contribution in [0.1, 0.15) is 22.3 Å². The highest BCUT2D eigenvalue weighted by molar-refractivity contribution is 5.58. The van der Waals surface area contributed by atoms with Gasteiger partial charge in [-0.2, -0.15) is 0 Å². The Labute approximate surface area is 114 Å². The van der Waals surface area contributed by atoms with Crippen molar-refractivity contribution >= 4 is 5.69 Å². The van der Waals surface area contributed by atoms with Gasteiger partial charge >= 0.3 is 0 Å². The normalized spacial score (nSPS) is 13.7. The van der Waals surface area contributed by atoms with E-state index in [1.807, 2.05) is 0 Å². The average Bonchev–Trinajstić information content (AvgIpc) is 2.81. The molecule has 1 aliphatic heterocycles. The number of fused-ring (bicyclic) bond motifs is 1. The summed E-state index contributed by atoms with van der Waals surface area (Å²) in [6.07, 6.45) is 2.17. The fourth-order valence-corrected chi connectivity index (χ4v) is 2.76. The van der Waals surface area contributed by atoms with Crippen molar-refractivity contribution in [3.05, 3.63) is 64.7 Å². The van der Waals surface area contributed by atoms with E-state index >= 15 is 0 Å². The SMILES string of the molecule is CN1CCc2cc(Cc3ccc(CN)cc3)ccc21. The van der Waals surface area contributed by atoms with E-state index in [-0.39, 0.29) is 0 Å². The molecule has 0 spiro atoms. The molecule has 0 saturated carbocycles. The van der Waals surface area contributed by atoms with Gasteiger partial charge in [0.2, 0.25) is 0 Å². The van der Waals surface area contributed by atoms with Crippen molar-refractivity contribution in [1.29, 1.82) is 0 Å². The first-order valence-corrected chi connectivity index (χ1v) is 6.87. The van der Waals surface area contributed by atoms with Gasteiger partial charge in [0.05, 0.1) is 0 Å². The van der Waals surface area contributed by atoms with E-state index in [1.165, 1.54) is 34.4 Å². The maximum Gasteiger partial charge on any atom is 0.0397 e. The van der Waals surface area contributed by atoms with Gasteiger partial charge in [0.25, 0.3) is 0 Å². The summed E-state index contributed by atoms with van der Waals surface area (Å²) in [6, 6.07) is 15.5. The molecule has 0 fully saturated rings. The lowest BCUT2D eigenvalue weighted by atomic mass is 10.0. The molecule has 3 rings (SSSR count). The standard InChI is InChI=1S/C17H20N2/c1-19-9-8-16-11-15(6-7-17(16)19)10-13-2-4-14(12-18)5-3-13/h2-7,11H,8-10,12,18H2,1H3. The van der Waals surface area contributed by atoms with Gasteiger partial charge in [-0.25, -0.2) is 0 Å². The van der Waals surface area contributed by atoms with Gasteiger partial charge in [-0.15, -0.1) is 0 Å². The summed E-state index contributed by atoms with van der Waals surface area (Å²) in [5, 5.41) is 0. The predicted molar refractivity (Wildman–Crippen MR) is 80.6 cm³/mol. The van der Waals surface area contributed by atoms with Gasteiger partial charge in [0.15, 0.2) is 0 Å². The number of likely N-dealkylation sites (N-methyl/N-ethyl adjacent to an activating group) is 1. The molecule has 2 N–H and O–H groups in total. The molecule has 0 amide bonds. The molecule has 2 aromatic rings. The topological polar surface area (TPSA) is 29.3 Å². The minimum absolute atomic E-state index is 0.617. The van der Waals surface area contributed by atoms with Crippen molar-refractivity contribution < 1.29 is 0 Å². The summed E-state index contributed by atoms with van der Waals surface area (Å²) in [4.78, 5) is 2.33. The highest BCUT2D eigenvalue weighted by Gasteiger charge is 2.15. The van der Waals surface area contributed by atoms with Crippen molar-refractivity contribution in [1.82, 2.24) is 0 Å². The van der Waals surface area contributed by atoms with Gasteiger partial charge < -0.3 is 10.6 Å². The van der Waals surface area contributed by atoms with Crippen LogP contribution in [0.5, 0.6) is 0 Å². The zero-order valence-electron chi connectivity index (χ0n) is 11.4. The van der Waals surface area contributed by atoms with Crippen LogP contribution in [-0.4, -0.2) is 13.6 Å². The van der Waals surface area contributed by atoms with E-state index in [2.05, 4.69) is 54.4 Å². The van der Waals surface area contributed by atoms with Crippen LogP contribution < -0.4 is 10.6 Å². The first-order chi connectivity index (χ1) is 9.26. The summed E-state index contributed by atoms with van der Waals surface area (Å²) in [5.74, 6) is 0. The number of nitrogens with zero attached hydrogens (tertiary/aromatic N) is 1. The van der Waals surface area contributed by atoms with E-state index in [9.17, 15) is 0 Å². The van der Waals surface area contributed by atoms with Crippen LogP contribution in [0.25, 0.3) is 0 Å². The Hall–Kier alpha value is -1.80. The molecule has 0 aliphatic carbocycles. The second-order valence-corrected chi connectivity index (χ2v) is 5.33. The summed E-state index contributed by atoms with van der Waals surface area (Å²) < 4.78 is 0. The highest BCUT2D eigenvalue weighted by atomic mass is 15.1. The van der Waals surface area contributed by atoms with E-state index < -0.39 is 0 Å². The predicted octanol–water partition coefficient (Wildman–Crippen LogP) is 2.73. The quantitative estimate of drug-likeness (QED) is 0.910. The van der Waals surface area contributed by atoms with Crippen molar-refractivity contribution in [2.45, 2.75) is 19.4 Å². The fraction of sp³-hybridized carbons (Fsp3) is 0.294. The Balaban J connectivity index is 1.79. The minimum atomic E-state index is 0.617. The van der Waals surface area contributed by atoms with Crippen molar-refractivity contribution in [3.8, 4) is 0 Å². The Kier molecular flexibility index (Phi) is 3.26. The lowest BCUT2D eigenvalue weighted by molar-refractivity contribution is 0.956. The average molecular weight is 252 g/mol. The number of anilines is 1. The molecular weight excluding hydrogens is 232 g/mol. The van der Waals surface area contributed by atoms with Crippen LogP contribution in [0.4, 0.5) is 5.69 Å². The van der Waals surface area contributed by atoms with Crippen molar-refractivity contribution in [2.75, 3.05) is 18.5 Å². The number of rotatable bonds is 3. The third-order valence-corrected chi connectivity index (χ3v) is 3.94. The van der Waals surface area contributed by atoms with Gasteiger partial charge in [0.1, 0.15) is 0 Å². The second kappa shape index (κ2) is 5.06. The van der Waals surface area contributed by atoms with Crippen LogP contribution in [0.2, 0.25) is 0 Å². The van der Waals surface area contributed by atoms with Crippen LogP contribution in [0.15, 0.2) is 42.5 Å². The van der Waals surface area contributed by atoms with Gasteiger partial charge in [-0.3, -0.25) is 0 Å². The zero-order chi connectivity index (χ0) is 13.2. The van der Waals surface area contributed by atoms with E-state index in [0.29, 0.717) is 6.54 Å². The zero-order valence-corrected chi connectivity index (χ0v) is 11.4. The molecule has 0 aromatic heterocycles. The highest BCUT2D eigenvalue weighted by Crippen LogP contribution is 2.28. The van der Waals surface area contributed by atoms with Crippen LogP contribution in [0.3, 0.4) is 0 Å². The van der Waals surface area contributed by atoms with Crippen molar-refractivity contribution in [2.24, 2.45) is 5.73 Å². The molecule has 0 radical (unpaired) electrons. The summed E-state index contributed by atoms with van der Waals surface area (Å²) in [7, 11) is 2.16. The molecule has 98 valence electrons. The fourth-order valence-electron chi connectivity index (χ4n) is 2.76. The summed E-state index contributed by atoms with van der Waals surface area (Å²) in [6.45, 7) is 1.76. The molecule has 1 heterocycles. The van der Waals surface area contributed by atoms with Gasteiger partial charge in [-0.1, -0.05) is 36.4 Å². The van der Waals surface area contributed by atoms with E-state index in [4.69, 9.17) is 5.73 Å². The number of hydrogen-bond donors (Lipinski definition) is 1. The molecule has 1 aliphatic rings. The minimum Gasteiger partial charge on any atom is -0.374 e. The third kappa shape index (κ3) is 2.49. The number of nitrogens with two attached hydrogens (primary N) is 1. The van der Waals surface area contributed by atoms with Gasteiger partial charge in [0, 0.05) is 25.8 Å². The first kappa shape index (κ1) is 12.2. The Morgan fingerprint density at radius 1 is 1.00 bits per heavy atom. The molecule has 2 heteroatoms. The summed E-state index contributed by atoms with van der Waals surface area (Å²) >= 11 is 0. The second-order valence-electron chi connectivity index (χ2n) is 5.33. The molecular formula is C17H20N2. The smallest absolute Gasteiger partial charge is 0.0397 e. The lowest BCUT2D eigenvalue weighted by Crippen LogP contribution is -2.12. The number of hydrogen-bond acceptors (Lipinski definition) is 2. The van der Waals surface area contributed by atoms with E-state index in [0.717, 1.165) is 13.0 Å². The van der Waals surface area contributed by atoms with Crippen molar-refractivity contribution in [3.63, 3.8) is 0 Å². The van der Waals surface area contributed by atoms with Crippen LogP contribution >= 0.6 is 0 Å². The molecule has 2 nitrogen and oxygen atoms in total. The molecule has 19 heavy (non-hydrogen) atoms. The Morgan fingerprint density at radius 2 is 1.68 bits per heavy atom. The van der Waals surface area contributed by atoms with Gasteiger partial charge in [-0.05, 0) is 41.2 Å². The van der Waals surface area contributed by atoms with Crippen LogP contribution in [0, 0.1) is 0 Å². The monoisotopic (exact) mass is 252 g/mol. The summed E-state index contributed by atoms with van der Waals surface area (Å²) in [5.41, 5.74) is 12.4. The molecule has 2 aromatic carbocycles. The maximum atomic E-state index is 5.62. The first-order valence-electron chi connectivity index (χ1n) is 6.87. The number of benzene rings is 2. The Bertz CT molecular complexity index is 572. The molecule has 0 saturated heterocycles.